The highest BCUT2D eigenvalue weighted by atomic mass is 19.4. The first-order valence-electron chi connectivity index (χ1n) is 17.0. The molecule has 2 aromatic carbocycles. The van der Waals surface area contributed by atoms with Crippen LogP contribution in [0.4, 0.5) is 45.0 Å². The van der Waals surface area contributed by atoms with Crippen molar-refractivity contribution in [1.29, 1.82) is 0 Å². The third-order valence-corrected chi connectivity index (χ3v) is 8.59. The van der Waals surface area contributed by atoms with Crippen molar-refractivity contribution >= 4 is 28.9 Å². The number of fused-ring (bicyclic) bond motifs is 1. The van der Waals surface area contributed by atoms with Crippen LogP contribution < -0.4 is 0 Å². The van der Waals surface area contributed by atoms with Gasteiger partial charge in [-0.3, -0.25) is 4.70 Å². The Kier molecular flexibility index (Phi) is 15.1. The summed E-state index contributed by atoms with van der Waals surface area (Å²) >= 11 is 0. The number of benzene rings is 2. The lowest BCUT2D eigenvalue weighted by molar-refractivity contribution is -0.140. The second kappa shape index (κ2) is 17.9. The lowest BCUT2D eigenvalue weighted by Crippen LogP contribution is -2.43. The van der Waals surface area contributed by atoms with Crippen molar-refractivity contribution in [2.24, 2.45) is 11.1 Å². The molecule has 0 radical (unpaired) electrons. The first-order valence-corrected chi connectivity index (χ1v) is 17.0. The highest BCUT2D eigenvalue weighted by molar-refractivity contribution is 6.02. The third kappa shape index (κ3) is 11.9. The van der Waals surface area contributed by atoms with Gasteiger partial charge in [-0.15, -0.1) is 0 Å². The Morgan fingerprint density at radius 2 is 1.25 bits per heavy atom. The smallest absolute Gasteiger partial charge is 0.420 e. The number of piperidine rings is 2. The van der Waals surface area contributed by atoms with Gasteiger partial charge < -0.3 is 29.0 Å². The molecule has 310 valence electrons. The molecule has 3 aromatic rings. The van der Waals surface area contributed by atoms with Crippen molar-refractivity contribution in [2.75, 3.05) is 26.2 Å². The van der Waals surface area contributed by atoms with Gasteiger partial charge in [0.1, 0.15) is 22.6 Å². The largest absolute Gasteiger partial charge is 0.444 e. The fraction of sp³-hybridized carbons (Fsp3) is 0.568. The van der Waals surface area contributed by atoms with Crippen LogP contribution in [0.1, 0.15) is 104 Å². The first-order chi connectivity index (χ1) is 24.5. The summed E-state index contributed by atoms with van der Waals surface area (Å²) in [7, 11) is 0. The number of rotatable bonds is 3. The molecule has 0 bridgehead atoms. The zero-order valence-electron chi connectivity index (χ0n) is 30.6. The number of likely N-dealkylation sites (tertiary alicyclic amines) is 2. The van der Waals surface area contributed by atoms with Crippen molar-refractivity contribution < 1.29 is 65.7 Å². The molecule has 2 aliphatic heterocycles. The van der Waals surface area contributed by atoms with Crippen LogP contribution in [0.15, 0.2) is 46.1 Å². The molecule has 0 spiro atoms. The number of amides is 2. The van der Waals surface area contributed by atoms with Gasteiger partial charge in [0.2, 0.25) is 0 Å². The molecule has 0 atom stereocenters. The summed E-state index contributed by atoms with van der Waals surface area (Å²) in [5, 5.41) is 16.7. The van der Waals surface area contributed by atoms with Crippen molar-refractivity contribution in [2.45, 2.75) is 104 Å². The van der Waals surface area contributed by atoms with E-state index in [9.17, 15) is 45.5 Å². The molecule has 18 heteroatoms. The fourth-order valence-corrected chi connectivity index (χ4v) is 6.13. The summed E-state index contributed by atoms with van der Waals surface area (Å²) in [6.07, 6.45) is -8.39. The van der Waals surface area contributed by atoms with Crippen molar-refractivity contribution in [3.05, 3.63) is 64.6 Å². The van der Waals surface area contributed by atoms with Crippen LogP contribution in [-0.4, -0.2) is 75.4 Å². The van der Waals surface area contributed by atoms with Crippen molar-refractivity contribution in [3.63, 3.8) is 0 Å². The average molecular weight is 801 g/mol. The molecule has 0 saturated carbocycles. The molecule has 10 nitrogen and oxygen atoms in total. The van der Waals surface area contributed by atoms with E-state index in [2.05, 4.69) is 10.3 Å². The summed E-state index contributed by atoms with van der Waals surface area (Å²) in [6, 6.07) is 6.81. The SMILES string of the molecule is C.CC(C)(C)OC(=O)N1CCC(/C(=N\O)c2cccc(C(F)(F)F)c2F)CC1.CC(C)(C)OC(=O)N1CCC(c2noc3c(C(F)(F)F)cccc23)CC1.F.[3HH]. The maximum Gasteiger partial charge on any atom is 0.420 e. The molecule has 5 rings (SSSR count). The van der Waals surface area contributed by atoms with Crippen LogP contribution in [0.2, 0.25) is 0 Å². The minimum atomic E-state index is -4.85. The van der Waals surface area contributed by atoms with E-state index in [1.165, 1.54) is 11.0 Å². The summed E-state index contributed by atoms with van der Waals surface area (Å²) < 4.78 is 108. The molecule has 0 unspecified atom stereocenters. The lowest BCUT2D eigenvalue weighted by Gasteiger charge is -2.33. The number of alkyl halides is 6. The van der Waals surface area contributed by atoms with Crippen LogP contribution in [-0.2, 0) is 21.8 Å². The lowest BCUT2D eigenvalue weighted by atomic mass is 9.87. The molecule has 55 heavy (non-hydrogen) atoms. The molecule has 1 aromatic heterocycles. The second-order valence-corrected chi connectivity index (χ2v) is 14.9. The second-order valence-electron chi connectivity index (χ2n) is 14.9. The van der Waals surface area contributed by atoms with Crippen LogP contribution in [0.3, 0.4) is 0 Å². The van der Waals surface area contributed by atoms with Crippen LogP contribution in [0, 0.1) is 11.7 Å². The molecule has 3 heterocycles. The monoisotopic (exact) mass is 800 g/mol. The minimum Gasteiger partial charge on any atom is -0.444 e. The normalized spacial score (nSPS) is 16.4. The van der Waals surface area contributed by atoms with E-state index in [-0.39, 0.29) is 55.5 Å². The summed E-state index contributed by atoms with van der Waals surface area (Å²) in [5.41, 5.74) is -3.69. The Hall–Kier alpha value is -4.64. The number of para-hydroxylation sites is 1. The maximum absolute atomic E-state index is 14.4. The maximum atomic E-state index is 14.4. The fourth-order valence-electron chi connectivity index (χ4n) is 6.13. The number of hydrogen-bond acceptors (Lipinski definition) is 8. The number of carbonyl (C=O) groups is 2. The Labute approximate surface area is 315 Å². The van der Waals surface area contributed by atoms with Gasteiger partial charge in [-0.25, -0.2) is 14.0 Å². The molecule has 2 aliphatic rings. The Morgan fingerprint density at radius 3 is 1.71 bits per heavy atom. The van der Waals surface area contributed by atoms with E-state index < -0.39 is 52.5 Å². The standard InChI is InChI=1S/C18H22F4N2O3.C18H21F3N2O3.CH4.FH.H2/c1-17(2,3)27-16(25)24-9-7-11(8-10-24)15(23-26)12-5-4-6-13(14(12)19)18(20,21)22;1-17(2,3)25-16(24)23-9-7-11(8-10-23)14-12-5-4-6-13(18(19,20)21)15(12)26-22-14;;;/h4-6,11,26H,7-10H2,1-3H3;4-6,11H,7-10H2,1-3H3;1H4;2*1H/b23-15+;;;;/i;;;;1+2. The predicted molar refractivity (Wildman–Crippen MR) is 190 cm³/mol. The van der Waals surface area contributed by atoms with Gasteiger partial charge in [0.15, 0.2) is 5.58 Å². The van der Waals surface area contributed by atoms with Gasteiger partial charge >= 0.3 is 24.5 Å². The molecular weight excluding hydrogens is 748 g/mol. The Morgan fingerprint density at radius 1 is 0.800 bits per heavy atom. The van der Waals surface area contributed by atoms with Gasteiger partial charge in [0.05, 0.1) is 17.0 Å². The Balaban J connectivity index is 0.000000532. The predicted octanol–water partition coefficient (Wildman–Crippen LogP) is 10.7. The molecule has 0 aliphatic carbocycles. The number of halogens is 8. The average Bonchev–Trinajstić information content (AvgIpc) is 3.48. The number of carbonyl (C=O) groups excluding carboxylic acids is 2. The Bertz CT molecular complexity index is 1790. The van der Waals surface area contributed by atoms with Gasteiger partial charge in [-0.05, 0) is 85.4 Å². The van der Waals surface area contributed by atoms with Crippen molar-refractivity contribution in [3.8, 4) is 0 Å². The molecular formula is C37H50F8N4O6. The van der Waals surface area contributed by atoms with Crippen LogP contribution in [0.5, 0.6) is 0 Å². The number of oxime groups is 1. The van der Waals surface area contributed by atoms with Gasteiger partial charge in [0, 0.05) is 50.4 Å². The molecule has 2 fully saturated rings. The number of hydrogen-bond donors (Lipinski definition) is 1. The molecule has 1 N–H and O–H groups in total. The van der Waals surface area contributed by atoms with E-state index >= 15 is 0 Å². The number of aromatic nitrogens is 1. The number of ether oxygens (including phenoxy) is 2. The molecule has 2 amide bonds. The van der Waals surface area contributed by atoms with Crippen molar-refractivity contribution in [1.82, 2.24) is 15.0 Å². The van der Waals surface area contributed by atoms with Gasteiger partial charge in [0.25, 0.3) is 0 Å². The quantitative estimate of drug-likeness (QED) is 0.121. The van der Waals surface area contributed by atoms with E-state index in [1.807, 2.05) is 0 Å². The highest BCUT2D eigenvalue weighted by Gasteiger charge is 2.38. The zero-order valence-corrected chi connectivity index (χ0v) is 30.6. The highest BCUT2D eigenvalue weighted by Crippen LogP contribution is 2.39. The van der Waals surface area contributed by atoms with E-state index in [1.54, 1.807) is 52.5 Å². The zero-order chi connectivity index (χ0) is 39.5. The summed E-state index contributed by atoms with van der Waals surface area (Å²) in [5.74, 6) is -2.00. The number of nitrogens with zero attached hydrogens (tertiary/aromatic N) is 4. The van der Waals surface area contributed by atoms with E-state index in [0.717, 1.165) is 18.2 Å². The van der Waals surface area contributed by atoms with E-state index in [4.69, 9.17) is 14.0 Å². The topological polar surface area (TPSA) is 118 Å². The minimum absolute atomic E-state index is 0. The van der Waals surface area contributed by atoms with Gasteiger partial charge in [-0.2, -0.15) is 26.3 Å². The first kappa shape index (κ1) is 46.5. The van der Waals surface area contributed by atoms with Gasteiger partial charge in [-0.1, -0.05) is 35.9 Å². The third-order valence-electron chi connectivity index (χ3n) is 8.59. The van der Waals surface area contributed by atoms with Crippen LogP contribution >= 0.6 is 0 Å². The molecule has 2 saturated heterocycles. The van der Waals surface area contributed by atoms with E-state index in [0.29, 0.717) is 55.9 Å². The summed E-state index contributed by atoms with van der Waals surface area (Å²) in [4.78, 5) is 27.3. The summed E-state index contributed by atoms with van der Waals surface area (Å²) in [6.45, 7) is 12.1. The van der Waals surface area contributed by atoms with Crippen LogP contribution in [0.25, 0.3) is 11.0 Å².